The molecule has 3 aromatic rings. The first-order valence-corrected chi connectivity index (χ1v) is 8.39. The summed E-state index contributed by atoms with van der Waals surface area (Å²) in [6, 6.07) is 5.91. The molecule has 3 rings (SSSR count). The highest BCUT2D eigenvalue weighted by atomic mass is 19.4. The fourth-order valence-corrected chi connectivity index (χ4v) is 2.49. The molecule has 0 saturated carbocycles. The molecule has 0 saturated heterocycles. The monoisotopic (exact) mass is 447 g/mol. The Morgan fingerprint density at radius 2 is 1.52 bits per heavy atom. The van der Waals surface area contributed by atoms with Crippen molar-refractivity contribution in [2.45, 2.75) is 25.4 Å². The summed E-state index contributed by atoms with van der Waals surface area (Å²) in [5, 5.41) is 18.1. The number of non-ortho nitro benzene ring substituents is 1. The smallest absolute Gasteiger partial charge is 0.416 e. The highest BCUT2D eigenvalue weighted by Crippen LogP contribution is 2.39. The van der Waals surface area contributed by atoms with Crippen LogP contribution < -0.4 is 4.74 Å². The summed E-state index contributed by atoms with van der Waals surface area (Å²) >= 11 is 0. The maximum atomic E-state index is 13.0. The first-order chi connectivity index (χ1) is 14.3. The molecule has 1 atom stereocenters. The summed E-state index contributed by atoms with van der Waals surface area (Å²) in [5.74, 6) is -0.982. The molecule has 1 heterocycles. The van der Waals surface area contributed by atoms with Crippen molar-refractivity contribution < 1.29 is 40.4 Å². The van der Waals surface area contributed by atoms with E-state index in [0.29, 0.717) is 17.7 Å². The van der Waals surface area contributed by atoms with E-state index < -0.39 is 40.3 Å². The second-order valence-corrected chi connectivity index (χ2v) is 6.25. The number of nitro benzene ring substituents is 1. The maximum Gasteiger partial charge on any atom is 0.416 e. The molecule has 0 bridgehead atoms. The van der Waals surface area contributed by atoms with Gasteiger partial charge in [0.05, 0.1) is 16.1 Å². The molecule has 2 aromatic carbocycles. The Hall–Kier alpha value is -3.64. The molecule has 0 N–H and O–H groups in total. The van der Waals surface area contributed by atoms with Crippen LogP contribution in [0.2, 0.25) is 0 Å². The predicted octanol–water partition coefficient (Wildman–Crippen LogP) is 5.82. The molecule has 1 unspecified atom stereocenters. The molecular formula is C18H11F6N3O4. The van der Waals surface area contributed by atoms with Crippen LogP contribution in [0.4, 0.5) is 32.0 Å². The number of halogens is 6. The van der Waals surface area contributed by atoms with Gasteiger partial charge >= 0.3 is 12.4 Å². The van der Waals surface area contributed by atoms with Crippen LogP contribution in [0.5, 0.6) is 5.75 Å². The van der Waals surface area contributed by atoms with E-state index in [2.05, 4.69) is 10.2 Å². The lowest BCUT2D eigenvalue weighted by Crippen LogP contribution is -2.12. The molecule has 31 heavy (non-hydrogen) atoms. The molecule has 0 aliphatic carbocycles. The Bertz CT molecular complexity index is 1060. The number of benzene rings is 2. The van der Waals surface area contributed by atoms with Crippen molar-refractivity contribution in [3.8, 4) is 17.2 Å². The Morgan fingerprint density at radius 1 is 0.968 bits per heavy atom. The van der Waals surface area contributed by atoms with E-state index in [1.54, 1.807) is 0 Å². The van der Waals surface area contributed by atoms with Crippen LogP contribution in [0.3, 0.4) is 0 Å². The Balaban J connectivity index is 1.85. The first kappa shape index (κ1) is 22.1. The van der Waals surface area contributed by atoms with E-state index in [4.69, 9.17) is 9.15 Å². The number of alkyl halides is 6. The molecule has 1 aromatic heterocycles. The zero-order valence-electron chi connectivity index (χ0n) is 15.4. The van der Waals surface area contributed by atoms with Gasteiger partial charge in [0.1, 0.15) is 5.75 Å². The van der Waals surface area contributed by atoms with Crippen molar-refractivity contribution in [2.24, 2.45) is 0 Å². The van der Waals surface area contributed by atoms with Crippen LogP contribution in [-0.2, 0) is 12.4 Å². The van der Waals surface area contributed by atoms with Gasteiger partial charge in [0.2, 0.25) is 5.89 Å². The van der Waals surface area contributed by atoms with Crippen molar-refractivity contribution in [3.05, 3.63) is 69.6 Å². The fraction of sp³-hybridized carbons (Fsp3) is 0.222. The largest absolute Gasteiger partial charge is 0.481 e. The first-order valence-electron chi connectivity index (χ1n) is 8.39. The zero-order chi connectivity index (χ0) is 23.0. The molecule has 0 radical (unpaired) electrons. The van der Waals surface area contributed by atoms with E-state index in [0.717, 1.165) is 0 Å². The highest BCUT2D eigenvalue weighted by molar-refractivity contribution is 5.55. The van der Waals surface area contributed by atoms with Gasteiger partial charge in [-0.1, -0.05) is 0 Å². The number of rotatable bonds is 5. The number of nitro groups is 1. The lowest BCUT2D eigenvalue weighted by molar-refractivity contribution is -0.384. The van der Waals surface area contributed by atoms with Crippen LogP contribution >= 0.6 is 0 Å². The lowest BCUT2D eigenvalue weighted by Gasteiger charge is -2.16. The van der Waals surface area contributed by atoms with Gasteiger partial charge in [-0.3, -0.25) is 10.1 Å². The summed E-state index contributed by atoms with van der Waals surface area (Å²) in [6.07, 6.45) is -11.2. The van der Waals surface area contributed by atoms with Crippen LogP contribution in [0.15, 0.2) is 46.9 Å². The van der Waals surface area contributed by atoms with Gasteiger partial charge in [0, 0.05) is 17.7 Å². The fourth-order valence-electron chi connectivity index (χ4n) is 2.49. The molecule has 0 aliphatic heterocycles. The number of aromatic nitrogens is 2. The average Bonchev–Trinajstić information content (AvgIpc) is 3.17. The van der Waals surface area contributed by atoms with E-state index in [1.807, 2.05) is 0 Å². The van der Waals surface area contributed by atoms with Crippen LogP contribution in [0, 0.1) is 10.1 Å². The number of ether oxygens (including phenoxy) is 1. The van der Waals surface area contributed by atoms with Crippen LogP contribution in [0.1, 0.15) is 30.0 Å². The van der Waals surface area contributed by atoms with Crippen LogP contribution in [0.25, 0.3) is 11.5 Å². The van der Waals surface area contributed by atoms with E-state index in [-0.39, 0.29) is 23.5 Å². The minimum absolute atomic E-state index is 0.0169. The highest BCUT2D eigenvalue weighted by Gasteiger charge is 2.37. The third-order valence-corrected chi connectivity index (χ3v) is 3.99. The molecule has 0 fully saturated rings. The summed E-state index contributed by atoms with van der Waals surface area (Å²) in [5.41, 5.74) is -2.91. The van der Waals surface area contributed by atoms with Crippen molar-refractivity contribution >= 4 is 5.69 Å². The van der Waals surface area contributed by atoms with Crippen molar-refractivity contribution in [1.29, 1.82) is 0 Å². The molecule has 0 spiro atoms. The van der Waals surface area contributed by atoms with Gasteiger partial charge in [-0.05, 0) is 37.3 Å². The SMILES string of the molecule is CC(Oc1cc(C(F)(F)F)cc(C(F)(F)F)c1)c1nnc(-c2ccc([N+](=O)[O-])cc2)o1. The van der Waals surface area contributed by atoms with Gasteiger partial charge in [0.15, 0.2) is 6.10 Å². The maximum absolute atomic E-state index is 13.0. The second-order valence-electron chi connectivity index (χ2n) is 6.25. The Labute approximate surface area is 169 Å². The van der Waals surface area contributed by atoms with E-state index >= 15 is 0 Å². The Morgan fingerprint density at radius 3 is 2.00 bits per heavy atom. The normalized spacial score (nSPS) is 13.1. The summed E-state index contributed by atoms with van der Waals surface area (Å²) in [4.78, 5) is 10.1. The third kappa shape index (κ3) is 5.10. The van der Waals surface area contributed by atoms with Gasteiger partial charge in [0.25, 0.3) is 11.6 Å². The summed E-state index contributed by atoms with van der Waals surface area (Å²) in [7, 11) is 0. The molecule has 164 valence electrons. The minimum atomic E-state index is -5.02. The van der Waals surface area contributed by atoms with E-state index in [1.165, 1.54) is 31.2 Å². The minimum Gasteiger partial charge on any atom is -0.481 e. The standard InChI is InChI=1S/C18H11F6N3O4/c1-9(15-25-26-16(31-15)10-2-4-13(5-3-10)27(28)29)30-14-7-11(17(19,20)21)6-12(8-14)18(22,23)24/h2-9H,1H3. The summed E-state index contributed by atoms with van der Waals surface area (Å²) in [6.45, 7) is 1.29. The third-order valence-electron chi connectivity index (χ3n) is 3.99. The number of nitrogens with zero attached hydrogens (tertiary/aromatic N) is 3. The molecule has 0 aliphatic rings. The second kappa shape index (κ2) is 7.89. The predicted molar refractivity (Wildman–Crippen MR) is 91.9 cm³/mol. The van der Waals surface area contributed by atoms with Crippen molar-refractivity contribution in [1.82, 2.24) is 10.2 Å². The zero-order valence-corrected chi connectivity index (χ0v) is 15.4. The summed E-state index contributed by atoms with van der Waals surface area (Å²) < 4.78 is 88.3. The van der Waals surface area contributed by atoms with Gasteiger partial charge in [-0.2, -0.15) is 26.3 Å². The number of hydrogen-bond donors (Lipinski definition) is 0. The quantitative estimate of drug-likeness (QED) is 0.278. The lowest BCUT2D eigenvalue weighted by atomic mass is 10.1. The number of hydrogen-bond acceptors (Lipinski definition) is 6. The van der Waals surface area contributed by atoms with E-state index in [9.17, 15) is 36.5 Å². The van der Waals surface area contributed by atoms with Gasteiger partial charge in [-0.25, -0.2) is 0 Å². The Kier molecular flexibility index (Phi) is 5.61. The van der Waals surface area contributed by atoms with Gasteiger partial charge in [-0.15, -0.1) is 10.2 Å². The molecule has 7 nitrogen and oxygen atoms in total. The molecule has 0 amide bonds. The van der Waals surface area contributed by atoms with Crippen LogP contribution in [-0.4, -0.2) is 15.1 Å². The average molecular weight is 447 g/mol. The van der Waals surface area contributed by atoms with Gasteiger partial charge < -0.3 is 9.15 Å². The molecular weight excluding hydrogens is 436 g/mol. The van der Waals surface area contributed by atoms with Crippen molar-refractivity contribution in [2.75, 3.05) is 0 Å². The van der Waals surface area contributed by atoms with Crippen molar-refractivity contribution in [3.63, 3.8) is 0 Å². The topological polar surface area (TPSA) is 91.3 Å². The molecule has 13 heteroatoms.